The predicted molar refractivity (Wildman–Crippen MR) is 91.3 cm³/mol. The van der Waals surface area contributed by atoms with Gasteiger partial charge in [-0.3, -0.25) is 9.59 Å². The highest BCUT2D eigenvalue weighted by molar-refractivity contribution is 7.89. The average molecular weight is 353 g/mol. The number of rotatable bonds is 6. The van der Waals surface area contributed by atoms with Gasteiger partial charge in [0, 0.05) is 39.2 Å². The lowest BCUT2D eigenvalue weighted by Crippen LogP contribution is -2.34. The first-order chi connectivity index (χ1) is 11.3. The molecule has 0 fully saturated rings. The molecule has 24 heavy (non-hydrogen) atoms. The number of hydrogen-bond acceptors (Lipinski definition) is 4. The summed E-state index contributed by atoms with van der Waals surface area (Å²) in [4.78, 5) is 24.3. The highest BCUT2D eigenvalue weighted by Gasteiger charge is 2.22. The van der Waals surface area contributed by atoms with E-state index in [4.69, 9.17) is 0 Å². The number of sulfonamides is 1. The van der Waals surface area contributed by atoms with E-state index in [1.54, 1.807) is 17.0 Å². The molecule has 0 radical (unpaired) electrons. The second-order valence-corrected chi connectivity index (χ2v) is 7.57. The number of anilines is 1. The summed E-state index contributed by atoms with van der Waals surface area (Å²) in [6.07, 6.45) is 2.09. The van der Waals surface area contributed by atoms with Crippen molar-refractivity contribution in [1.82, 2.24) is 10.0 Å². The van der Waals surface area contributed by atoms with Gasteiger partial charge in [0.05, 0.1) is 4.90 Å². The standard InChI is InChI=1S/C16H23N3O4S/c1-12(20)17-8-4-9-18-24(22,23)15-6-7-16-14(11-15)5-3-10-19(16)13(2)21/h6-7,11,18H,3-5,8-10H2,1-2H3,(H,17,20). The minimum absolute atomic E-state index is 0.0392. The average Bonchev–Trinajstić information content (AvgIpc) is 2.52. The Bertz CT molecular complexity index is 731. The number of hydrogen-bond donors (Lipinski definition) is 2. The van der Waals surface area contributed by atoms with Crippen molar-refractivity contribution in [1.29, 1.82) is 0 Å². The minimum atomic E-state index is -3.60. The van der Waals surface area contributed by atoms with Crippen molar-refractivity contribution in [2.45, 2.75) is 38.0 Å². The van der Waals surface area contributed by atoms with Crippen LogP contribution in [-0.2, 0) is 26.0 Å². The van der Waals surface area contributed by atoms with Crippen LogP contribution >= 0.6 is 0 Å². The molecule has 1 aliphatic rings. The Kier molecular flexibility index (Phi) is 5.95. The van der Waals surface area contributed by atoms with Gasteiger partial charge in [0.15, 0.2) is 0 Å². The molecule has 0 aliphatic carbocycles. The fraction of sp³-hybridized carbons (Fsp3) is 0.500. The molecule has 8 heteroatoms. The molecule has 0 atom stereocenters. The Morgan fingerprint density at radius 3 is 2.62 bits per heavy atom. The highest BCUT2D eigenvalue weighted by Crippen LogP contribution is 2.29. The molecular weight excluding hydrogens is 330 g/mol. The van der Waals surface area contributed by atoms with E-state index in [0.29, 0.717) is 19.5 Å². The minimum Gasteiger partial charge on any atom is -0.356 e. The lowest BCUT2D eigenvalue weighted by atomic mass is 10.0. The first kappa shape index (κ1) is 18.4. The zero-order valence-electron chi connectivity index (χ0n) is 14.0. The fourth-order valence-electron chi connectivity index (χ4n) is 2.71. The van der Waals surface area contributed by atoms with Crippen molar-refractivity contribution < 1.29 is 18.0 Å². The van der Waals surface area contributed by atoms with Gasteiger partial charge in [-0.25, -0.2) is 13.1 Å². The summed E-state index contributed by atoms with van der Waals surface area (Å²) < 4.78 is 27.2. The van der Waals surface area contributed by atoms with Crippen LogP contribution in [0.25, 0.3) is 0 Å². The van der Waals surface area contributed by atoms with Crippen LogP contribution in [-0.4, -0.2) is 39.9 Å². The Balaban J connectivity index is 2.06. The number of nitrogens with one attached hydrogen (secondary N) is 2. The number of carbonyl (C=O) groups excluding carboxylic acids is 2. The Labute approximate surface area is 142 Å². The second kappa shape index (κ2) is 7.76. The largest absolute Gasteiger partial charge is 0.356 e. The van der Waals surface area contributed by atoms with Gasteiger partial charge in [-0.15, -0.1) is 0 Å². The molecule has 1 aliphatic heterocycles. The van der Waals surface area contributed by atoms with E-state index in [1.807, 2.05) is 0 Å². The van der Waals surface area contributed by atoms with Gasteiger partial charge in [0.25, 0.3) is 0 Å². The maximum atomic E-state index is 12.4. The van der Waals surface area contributed by atoms with Crippen molar-refractivity contribution in [2.75, 3.05) is 24.5 Å². The molecule has 2 amide bonds. The topological polar surface area (TPSA) is 95.6 Å². The monoisotopic (exact) mass is 353 g/mol. The quantitative estimate of drug-likeness (QED) is 0.739. The van der Waals surface area contributed by atoms with E-state index in [9.17, 15) is 18.0 Å². The molecule has 0 aromatic heterocycles. The molecule has 1 aromatic rings. The number of amides is 2. The maximum absolute atomic E-state index is 12.4. The molecule has 0 bridgehead atoms. The van der Waals surface area contributed by atoms with E-state index < -0.39 is 10.0 Å². The maximum Gasteiger partial charge on any atom is 0.240 e. The van der Waals surface area contributed by atoms with Gasteiger partial charge >= 0.3 is 0 Å². The van der Waals surface area contributed by atoms with Crippen LogP contribution < -0.4 is 14.9 Å². The Hall–Kier alpha value is -1.93. The van der Waals surface area contributed by atoms with Gasteiger partial charge in [-0.05, 0) is 43.0 Å². The molecule has 2 N–H and O–H groups in total. The smallest absolute Gasteiger partial charge is 0.240 e. The third-order valence-electron chi connectivity index (χ3n) is 3.88. The summed E-state index contributed by atoms with van der Waals surface area (Å²) in [7, 11) is -3.60. The molecule has 1 heterocycles. The van der Waals surface area contributed by atoms with Crippen LogP contribution in [0.2, 0.25) is 0 Å². The van der Waals surface area contributed by atoms with Crippen molar-refractivity contribution in [3.63, 3.8) is 0 Å². The van der Waals surface area contributed by atoms with Gasteiger partial charge in [-0.1, -0.05) is 0 Å². The number of fused-ring (bicyclic) bond motifs is 1. The molecular formula is C16H23N3O4S. The predicted octanol–water partition coefficient (Wildman–Crippen LogP) is 0.790. The molecule has 0 unspecified atom stereocenters. The van der Waals surface area contributed by atoms with Gasteiger partial charge in [0.1, 0.15) is 0 Å². The zero-order chi connectivity index (χ0) is 17.7. The van der Waals surface area contributed by atoms with E-state index in [2.05, 4.69) is 10.0 Å². The van der Waals surface area contributed by atoms with E-state index in [0.717, 1.165) is 24.1 Å². The van der Waals surface area contributed by atoms with Crippen molar-refractivity contribution in [3.05, 3.63) is 23.8 Å². The van der Waals surface area contributed by atoms with Crippen LogP contribution in [0.15, 0.2) is 23.1 Å². The van der Waals surface area contributed by atoms with E-state index >= 15 is 0 Å². The molecule has 0 saturated carbocycles. The number of aryl methyl sites for hydroxylation is 1. The first-order valence-electron chi connectivity index (χ1n) is 7.96. The van der Waals surface area contributed by atoms with Gasteiger partial charge < -0.3 is 10.2 Å². The van der Waals surface area contributed by atoms with E-state index in [-0.39, 0.29) is 23.3 Å². The normalized spacial score (nSPS) is 14.2. The first-order valence-corrected chi connectivity index (χ1v) is 9.45. The Morgan fingerprint density at radius 1 is 1.21 bits per heavy atom. The third kappa shape index (κ3) is 4.55. The van der Waals surface area contributed by atoms with Crippen molar-refractivity contribution in [3.8, 4) is 0 Å². The number of benzene rings is 1. The molecule has 0 spiro atoms. The SMILES string of the molecule is CC(=O)NCCCNS(=O)(=O)c1ccc2c(c1)CCCN2C(C)=O. The second-order valence-electron chi connectivity index (χ2n) is 5.80. The fourth-order valence-corrected chi connectivity index (χ4v) is 3.83. The zero-order valence-corrected chi connectivity index (χ0v) is 14.8. The lowest BCUT2D eigenvalue weighted by molar-refractivity contribution is -0.119. The summed E-state index contributed by atoms with van der Waals surface area (Å²) >= 11 is 0. The van der Waals surface area contributed by atoms with E-state index in [1.165, 1.54) is 19.9 Å². The molecule has 1 aromatic carbocycles. The van der Waals surface area contributed by atoms with Gasteiger partial charge in [0.2, 0.25) is 21.8 Å². The third-order valence-corrected chi connectivity index (χ3v) is 5.34. The summed E-state index contributed by atoms with van der Waals surface area (Å²) in [5.41, 5.74) is 1.66. The van der Waals surface area contributed by atoms with Gasteiger partial charge in [-0.2, -0.15) is 0 Å². The Morgan fingerprint density at radius 2 is 1.96 bits per heavy atom. The van der Waals surface area contributed by atoms with Crippen molar-refractivity contribution in [2.24, 2.45) is 0 Å². The number of nitrogens with zero attached hydrogens (tertiary/aromatic N) is 1. The summed E-state index contributed by atoms with van der Waals surface area (Å²) in [5.74, 6) is -0.176. The van der Waals surface area contributed by atoms with Crippen LogP contribution in [0, 0.1) is 0 Å². The van der Waals surface area contributed by atoms with Crippen LogP contribution in [0.3, 0.4) is 0 Å². The molecule has 7 nitrogen and oxygen atoms in total. The summed E-state index contributed by atoms with van der Waals surface area (Å²) in [6, 6.07) is 4.86. The van der Waals surface area contributed by atoms with Crippen LogP contribution in [0.1, 0.15) is 32.3 Å². The number of carbonyl (C=O) groups is 2. The summed E-state index contributed by atoms with van der Waals surface area (Å²) in [5, 5.41) is 2.62. The molecule has 132 valence electrons. The summed E-state index contributed by atoms with van der Waals surface area (Å²) in [6.45, 7) is 4.27. The molecule has 0 saturated heterocycles. The van der Waals surface area contributed by atoms with Crippen LogP contribution in [0.5, 0.6) is 0 Å². The highest BCUT2D eigenvalue weighted by atomic mass is 32.2. The van der Waals surface area contributed by atoms with Crippen LogP contribution in [0.4, 0.5) is 5.69 Å². The van der Waals surface area contributed by atoms with Crippen molar-refractivity contribution >= 4 is 27.5 Å². The lowest BCUT2D eigenvalue weighted by Gasteiger charge is -2.28. The molecule has 2 rings (SSSR count).